The summed E-state index contributed by atoms with van der Waals surface area (Å²) in [5, 5.41) is 0. The maximum atomic E-state index is 12.0. The minimum atomic E-state index is -6.36. The molecule has 0 radical (unpaired) electrons. The fourth-order valence-corrected chi connectivity index (χ4v) is 0.810. The number of alkyl halides is 8. The molecule has 1 atom stereocenters. The van der Waals surface area contributed by atoms with Gasteiger partial charge in [-0.1, -0.05) is 11.6 Å². The molecule has 0 aromatic carbocycles. The molecule has 0 bridgehead atoms. The van der Waals surface area contributed by atoms with E-state index in [4.69, 9.17) is 0 Å². The first kappa shape index (κ1) is 13.7. The van der Waals surface area contributed by atoms with Crippen LogP contribution in [0.3, 0.4) is 0 Å². The van der Waals surface area contributed by atoms with Crippen LogP contribution >= 0.6 is 11.6 Å². The molecular weight excluding hydrogens is 251 g/mol. The van der Waals surface area contributed by atoms with E-state index >= 15 is 0 Å². The van der Waals surface area contributed by atoms with Gasteiger partial charge in [0.05, 0.1) is 0 Å². The average molecular weight is 252 g/mol. The Labute approximate surface area is 76.5 Å². The lowest BCUT2D eigenvalue weighted by atomic mass is 10.1. The predicted octanol–water partition coefficient (Wildman–Crippen LogP) is 3.29. The van der Waals surface area contributed by atoms with E-state index in [0.717, 1.165) is 0 Å². The summed E-state index contributed by atoms with van der Waals surface area (Å²) in [6.45, 7) is 0. The first-order valence-electron chi connectivity index (χ1n) is 2.72. The number of halogens is 9. The Kier molecular flexibility index (Phi) is 3.60. The quantitative estimate of drug-likeness (QED) is 0.541. The van der Waals surface area contributed by atoms with Crippen molar-refractivity contribution in [2.75, 3.05) is 0 Å². The second-order valence-electron chi connectivity index (χ2n) is 2.11. The van der Waals surface area contributed by atoms with Crippen LogP contribution in [0.25, 0.3) is 0 Å². The number of rotatable bonds is 2. The zero-order valence-electron chi connectivity index (χ0n) is 5.89. The third-order valence-electron chi connectivity index (χ3n) is 1.27. The van der Waals surface area contributed by atoms with Crippen molar-refractivity contribution in [3.63, 3.8) is 0 Å². The van der Waals surface area contributed by atoms with Crippen LogP contribution in [0.15, 0.2) is 0 Å². The molecule has 0 rings (SSSR count). The predicted molar refractivity (Wildman–Crippen MR) is 27.8 cm³/mol. The van der Waals surface area contributed by atoms with E-state index in [-0.39, 0.29) is 0 Å². The highest BCUT2D eigenvalue weighted by atomic mass is 35.5. The summed E-state index contributed by atoms with van der Waals surface area (Å²) in [6.07, 6.45) is -12.7. The molecule has 0 heterocycles. The minimum Gasteiger partial charge on any atom is -0.226 e. The molecule has 1 nitrogen and oxygen atoms in total. The van der Waals surface area contributed by atoms with E-state index in [2.05, 4.69) is 11.6 Å². The van der Waals surface area contributed by atoms with Crippen molar-refractivity contribution in [1.29, 1.82) is 0 Å². The molecule has 0 saturated heterocycles. The van der Waals surface area contributed by atoms with Crippen LogP contribution in [0.1, 0.15) is 0 Å². The summed E-state index contributed by atoms with van der Waals surface area (Å²) in [7, 11) is 0. The molecule has 0 aliphatic carbocycles. The van der Waals surface area contributed by atoms with Gasteiger partial charge >= 0.3 is 18.0 Å². The second-order valence-corrected chi connectivity index (χ2v) is 2.49. The lowest BCUT2D eigenvalue weighted by Gasteiger charge is -2.32. The molecule has 10 heteroatoms. The van der Waals surface area contributed by atoms with Gasteiger partial charge in [-0.05, 0) is 4.53 Å². The third kappa shape index (κ3) is 1.88. The van der Waals surface area contributed by atoms with Gasteiger partial charge in [-0.25, -0.2) is 4.39 Å². The summed E-state index contributed by atoms with van der Waals surface area (Å²) in [5.41, 5.74) is -9.80. The molecule has 0 aliphatic rings. The second kappa shape index (κ2) is 3.69. The van der Waals surface area contributed by atoms with Crippen LogP contribution in [0.4, 0.5) is 35.3 Å². The van der Waals surface area contributed by atoms with E-state index in [1.807, 2.05) is 0 Å². The number of hydrogen-bond donors (Lipinski definition) is 0. The van der Waals surface area contributed by atoms with Crippen molar-refractivity contribution in [1.82, 2.24) is 0 Å². The van der Waals surface area contributed by atoms with Gasteiger partial charge in [0, 0.05) is 0 Å². The van der Waals surface area contributed by atoms with Gasteiger partial charge in [-0.15, -0.1) is 0 Å². The Bertz CT molecular complexity index is 180. The molecule has 0 amide bonds. The first-order valence-corrected chi connectivity index (χ1v) is 3.15. The Morgan fingerprint density at radius 3 is 1.21 bits per heavy atom. The van der Waals surface area contributed by atoms with Gasteiger partial charge in [0.25, 0.3) is 0 Å². The summed E-state index contributed by atoms with van der Waals surface area (Å²) in [6, 6.07) is 0. The van der Waals surface area contributed by atoms with Crippen LogP contribution in [0, 0.1) is 0 Å². The van der Waals surface area contributed by atoms with E-state index in [9.17, 15) is 35.3 Å². The lowest BCUT2D eigenvalue weighted by Crippen LogP contribution is -2.62. The van der Waals surface area contributed by atoms with Crippen molar-refractivity contribution < 1.29 is 40.2 Å². The first-order chi connectivity index (χ1) is 6.00. The SMILES string of the molecule is FOC(C(F)Cl)(C(F)(F)F)C(F)(F)F. The maximum absolute atomic E-state index is 12.0. The number of hydrogen-bond acceptors (Lipinski definition) is 1. The van der Waals surface area contributed by atoms with Crippen molar-refractivity contribution in [3.8, 4) is 0 Å². The van der Waals surface area contributed by atoms with Crippen molar-refractivity contribution in [2.24, 2.45) is 0 Å². The summed E-state index contributed by atoms with van der Waals surface area (Å²) >= 11 is 4.00. The van der Waals surface area contributed by atoms with Crippen LogP contribution in [-0.2, 0) is 4.94 Å². The van der Waals surface area contributed by atoms with Crippen molar-refractivity contribution in [3.05, 3.63) is 0 Å². The highest BCUT2D eigenvalue weighted by Gasteiger charge is 2.78. The van der Waals surface area contributed by atoms with Crippen LogP contribution in [0.5, 0.6) is 0 Å². The van der Waals surface area contributed by atoms with Crippen LogP contribution in [0.2, 0.25) is 0 Å². The Morgan fingerprint density at radius 2 is 1.21 bits per heavy atom. The fraction of sp³-hybridized carbons (Fsp3) is 1.00. The normalized spacial score (nSPS) is 16.9. The van der Waals surface area contributed by atoms with Gasteiger partial charge in [-0.2, -0.15) is 31.3 Å². The van der Waals surface area contributed by atoms with Crippen LogP contribution in [-0.4, -0.2) is 23.6 Å². The Balaban J connectivity index is 5.45. The van der Waals surface area contributed by atoms with E-state index < -0.39 is 23.6 Å². The standard InChI is InChI=1S/C4HClF8O/c5-1(6)2(14-13,3(7,8)9)4(10,11)12/h1H. The molecule has 0 N–H and O–H groups in total. The van der Waals surface area contributed by atoms with E-state index in [1.54, 1.807) is 4.94 Å². The molecule has 0 aromatic rings. The van der Waals surface area contributed by atoms with Gasteiger partial charge < -0.3 is 0 Å². The minimum absolute atomic E-state index is 1.67. The molecule has 0 aliphatic heterocycles. The molecule has 0 fully saturated rings. The summed E-state index contributed by atoms with van der Waals surface area (Å²) in [4.78, 5) is 1.67. The zero-order valence-corrected chi connectivity index (χ0v) is 6.64. The molecule has 0 aromatic heterocycles. The monoisotopic (exact) mass is 252 g/mol. The lowest BCUT2D eigenvalue weighted by molar-refractivity contribution is -0.440. The smallest absolute Gasteiger partial charge is 0.226 e. The van der Waals surface area contributed by atoms with Crippen molar-refractivity contribution >= 4 is 11.6 Å². The van der Waals surface area contributed by atoms with E-state index in [1.165, 1.54) is 0 Å². The highest BCUT2D eigenvalue weighted by Crippen LogP contribution is 2.50. The molecule has 0 spiro atoms. The van der Waals surface area contributed by atoms with Gasteiger partial charge in [0.15, 0.2) is 0 Å². The van der Waals surface area contributed by atoms with Gasteiger partial charge in [0.1, 0.15) is 0 Å². The maximum Gasteiger partial charge on any atom is 0.434 e. The van der Waals surface area contributed by atoms with Crippen molar-refractivity contribution in [2.45, 2.75) is 23.6 Å². The largest absolute Gasteiger partial charge is 0.434 e. The fourth-order valence-electron chi connectivity index (χ4n) is 0.529. The molecule has 1 unspecified atom stereocenters. The Hall–Kier alpha value is -0.310. The summed E-state index contributed by atoms with van der Waals surface area (Å²) < 4.78 is 93.5. The highest BCUT2D eigenvalue weighted by molar-refractivity contribution is 6.20. The van der Waals surface area contributed by atoms with Gasteiger partial charge in [-0.3, -0.25) is 0 Å². The third-order valence-corrected chi connectivity index (χ3v) is 1.58. The topological polar surface area (TPSA) is 9.23 Å². The molecule has 14 heavy (non-hydrogen) atoms. The average Bonchev–Trinajstić information content (AvgIpc) is 1.80. The van der Waals surface area contributed by atoms with Crippen LogP contribution < -0.4 is 0 Å². The zero-order chi connectivity index (χ0) is 11.8. The Morgan fingerprint density at radius 1 is 0.929 bits per heavy atom. The summed E-state index contributed by atoms with van der Waals surface area (Å²) in [5.74, 6) is 0. The van der Waals surface area contributed by atoms with Gasteiger partial charge in [0.2, 0.25) is 5.63 Å². The molecular formula is C4HClF8O. The molecule has 86 valence electrons. The van der Waals surface area contributed by atoms with E-state index in [0.29, 0.717) is 0 Å². The molecule has 0 saturated carbocycles.